The van der Waals surface area contributed by atoms with Crippen LogP contribution in [0.3, 0.4) is 0 Å². The molecule has 0 bridgehead atoms. The quantitative estimate of drug-likeness (QED) is 0.626. The zero-order chi connectivity index (χ0) is 15.1. The van der Waals surface area contributed by atoms with Gasteiger partial charge in [0.1, 0.15) is 12.0 Å². The number of hydrogen-bond donors (Lipinski definition) is 2. The maximum atomic E-state index is 10.5. The van der Waals surface area contributed by atoms with E-state index in [1.54, 1.807) is 0 Å². The van der Waals surface area contributed by atoms with Crippen molar-refractivity contribution in [2.24, 2.45) is 5.73 Å². The van der Waals surface area contributed by atoms with Crippen molar-refractivity contribution >= 4 is 11.9 Å². The van der Waals surface area contributed by atoms with Crippen LogP contribution in [0.1, 0.15) is 6.42 Å². The van der Waals surface area contributed by atoms with E-state index in [-0.39, 0.29) is 0 Å². The standard InChI is InChI=1S/C7H16N2O2.C2HF3O2/c1-9(2,3)5-4-6(8)7(10)11;3-2(4,5)1(6)7/h6H,4-5,8H2,1-3H3;(H,6,7). The Kier molecular flexibility index (Phi) is 7.56. The van der Waals surface area contributed by atoms with E-state index in [1.807, 2.05) is 21.1 Å². The van der Waals surface area contributed by atoms with Gasteiger partial charge in [-0.2, -0.15) is 13.2 Å². The molecule has 108 valence electrons. The molecule has 0 rings (SSSR count). The number of hydrogen-bond acceptors (Lipinski definition) is 4. The minimum Gasteiger partial charge on any atom is -0.542 e. The predicted molar refractivity (Wildman–Crippen MR) is 54.2 cm³/mol. The molecule has 3 N–H and O–H groups in total. The molecule has 0 aliphatic heterocycles. The molecule has 9 heteroatoms. The van der Waals surface area contributed by atoms with Gasteiger partial charge in [0.15, 0.2) is 0 Å². The second kappa shape index (κ2) is 7.17. The summed E-state index contributed by atoms with van der Waals surface area (Å²) in [5, 5.41) is 17.2. The summed E-state index contributed by atoms with van der Waals surface area (Å²) in [5.74, 6) is -3.93. The first-order chi connectivity index (χ1) is 7.77. The van der Waals surface area contributed by atoms with E-state index in [9.17, 15) is 18.0 Å². The third-order valence-corrected chi connectivity index (χ3v) is 1.66. The van der Waals surface area contributed by atoms with Crippen molar-refractivity contribution in [3.63, 3.8) is 0 Å². The van der Waals surface area contributed by atoms with Crippen molar-refractivity contribution in [3.8, 4) is 0 Å². The molecule has 1 unspecified atom stereocenters. The van der Waals surface area contributed by atoms with Crippen LogP contribution in [0.5, 0.6) is 0 Å². The molecular formula is C9H17F3N2O4. The van der Waals surface area contributed by atoms with Crippen LogP contribution in [0.25, 0.3) is 0 Å². The summed E-state index contributed by atoms with van der Waals surface area (Å²) in [6.45, 7) is 0.785. The van der Waals surface area contributed by atoms with Gasteiger partial charge in [-0.3, -0.25) is 4.79 Å². The average molecular weight is 274 g/mol. The van der Waals surface area contributed by atoms with Gasteiger partial charge in [-0.25, -0.2) is 0 Å². The Labute approximate surface area is 102 Å². The first kappa shape index (κ1) is 19.0. The summed E-state index contributed by atoms with van der Waals surface area (Å²) in [6, 6.07) is -0.715. The van der Waals surface area contributed by atoms with Gasteiger partial charge < -0.3 is 25.2 Å². The first-order valence-corrected chi connectivity index (χ1v) is 4.84. The summed E-state index contributed by atoms with van der Waals surface area (Å²) < 4.78 is 32.3. The fourth-order valence-electron chi connectivity index (χ4n) is 0.650. The molecule has 0 aliphatic carbocycles. The molecule has 0 aromatic heterocycles. The van der Waals surface area contributed by atoms with Crippen LogP contribution in [0.15, 0.2) is 0 Å². The zero-order valence-electron chi connectivity index (χ0n) is 10.3. The number of carboxylic acid groups (broad SMARTS) is 2. The van der Waals surface area contributed by atoms with Gasteiger partial charge in [0.2, 0.25) is 0 Å². The maximum absolute atomic E-state index is 10.5. The fraction of sp³-hybridized carbons (Fsp3) is 0.778. The summed E-state index contributed by atoms with van der Waals surface area (Å²) in [4.78, 5) is 19.1. The third-order valence-electron chi connectivity index (χ3n) is 1.66. The lowest BCUT2D eigenvalue weighted by atomic mass is 10.2. The smallest absolute Gasteiger partial charge is 0.430 e. The highest BCUT2D eigenvalue weighted by molar-refractivity contribution is 5.72. The minimum absolute atomic E-state index is 0.527. The van der Waals surface area contributed by atoms with Crippen LogP contribution in [0.4, 0.5) is 13.2 Å². The Hall–Kier alpha value is -1.35. The fourth-order valence-corrected chi connectivity index (χ4v) is 0.650. The summed E-state index contributed by atoms with van der Waals surface area (Å²) >= 11 is 0. The molecule has 0 aliphatic rings. The number of carbonyl (C=O) groups is 2. The number of halogens is 3. The maximum Gasteiger partial charge on any atom is 0.430 e. The minimum atomic E-state index is -5.19. The number of aliphatic carboxylic acids is 2. The molecule has 0 saturated heterocycles. The van der Waals surface area contributed by atoms with Crippen LogP contribution < -0.4 is 10.8 Å². The Morgan fingerprint density at radius 1 is 1.33 bits per heavy atom. The monoisotopic (exact) mass is 274 g/mol. The SMILES string of the molecule is C[N+](C)(C)CCC(N)C(=O)O.O=C([O-])C(F)(F)F. The van der Waals surface area contributed by atoms with Crippen molar-refractivity contribution in [2.75, 3.05) is 27.7 Å². The Balaban J connectivity index is 0. The van der Waals surface area contributed by atoms with Crippen molar-refractivity contribution in [1.29, 1.82) is 0 Å². The highest BCUT2D eigenvalue weighted by atomic mass is 19.4. The summed E-state index contributed by atoms with van der Waals surface area (Å²) in [7, 11) is 6.03. The van der Waals surface area contributed by atoms with Gasteiger partial charge in [0, 0.05) is 6.42 Å². The molecule has 0 aromatic rings. The Bertz CT molecular complexity index is 287. The third kappa shape index (κ3) is 12.7. The van der Waals surface area contributed by atoms with Crippen LogP contribution in [0.2, 0.25) is 0 Å². The lowest BCUT2D eigenvalue weighted by Gasteiger charge is -2.24. The highest BCUT2D eigenvalue weighted by Crippen LogP contribution is 2.11. The van der Waals surface area contributed by atoms with E-state index >= 15 is 0 Å². The van der Waals surface area contributed by atoms with E-state index in [0.29, 0.717) is 6.42 Å². The Morgan fingerprint density at radius 2 is 1.67 bits per heavy atom. The van der Waals surface area contributed by atoms with Crippen LogP contribution in [-0.2, 0) is 9.59 Å². The lowest BCUT2D eigenvalue weighted by molar-refractivity contribution is -0.870. The van der Waals surface area contributed by atoms with Gasteiger partial charge in [0.05, 0.1) is 27.7 Å². The number of carboxylic acids is 2. The molecule has 6 nitrogen and oxygen atoms in total. The van der Waals surface area contributed by atoms with Crippen molar-refractivity contribution in [2.45, 2.75) is 18.6 Å². The zero-order valence-corrected chi connectivity index (χ0v) is 10.3. The summed E-state index contributed by atoms with van der Waals surface area (Å²) in [5.41, 5.74) is 5.31. The van der Waals surface area contributed by atoms with E-state index in [0.717, 1.165) is 11.0 Å². The van der Waals surface area contributed by atoms with Crippen LogP contribution in [-0.4, -0.2) is 61.4 Å². The van der Waals surface area contributed by atoms with Crippen molar-refractivity contribution in [3.05, 3.63) is 0 Å². The lowest BCUT2D eigenvalue weighted by Crippen LogP contribution is -2.41. The molecule has 0 radical (unpaired) electrons. The van der Waals surface area contributed by atoms with Gasteiger partial charge in [-0.15, -0.1) is 0 Å². The van der Waals surface area contributed by atoms with Gasteiger partial charge in [-0.1, -0.05) is 0 Å². The van der Waals surface area contributed by atoms with Gasteiger partial charge >= 0.3 is 12.1 Å². The summed E-state index contributed by atoms with van der Waals surface area (Å²) in [6.07, 6.45) is -4.67. The van der Waals surface area contributed by atoms with Crippen molar-refractivity contribution in [1.82, 2.24) is 0 Å². The largest absolute Gasteiger partial charge is 0.542 e. The predicted octanol–water partition coefficient (Wildman–Crippen LogP) is -1.21. The molecule has 0 saturated carbocycles. The second-order valence-electron chi connectivity index (χ2n) is 4.53. The molecular weight excluding hydrogens is 257 g/mol. The van der Waals surface area contributed by atoms with Crippen LogP contribution >= 0.6 is 0 Å². The Morgan fingerprint density at radius 3 is 1.83 bits per heavy atom. The van der Waals surface area contributed by atoms with E-state index < -0.39 is 24.2 Å². The van der Waals surface area contributed by atoms with E-state index in [1.165, 1.54) is 0 Å². The number of nitrogens with two attached hydrogens (primary N) is 1. The topological polar surface area (TPSA) is 103 Å². The number of rotatable bonds is 4. The van der Waals surface area contributed by atoms with Crippen molar-refractivity contribution < 1.29 is 37.5 Å². The molecule has 0 amide bonds. The van der Waals surface area contributed by atoms with E-state index in [2.05, 4.69) is 0 Å². The normalized spacial score (nSPS) is 13.3. The van der Waals surface area contributed by atoms with E-state index in [4.69, 9.17) is 20.7 Å². The molecule has 0 aromatic carbocycles. The van der Waals surface area contributed by atoms with Gasteiger partial charge in [-0.05, 0) is 0 Å². The molecule has 1 atom stereocenters. The van der Waals surface area contributed by atoms with Gasteiger partial charge in [0.25, 0.3) is 0 Å². The highest BCUT2D eigenvalue weighted by Gasteiger charge is 2.28. The number of carbonyl (C=O) groups excluding carboxylic acids is 1. The first-order valence-electron chi connectivity index (χ1n) is 4.84. The molecule has 18 heavy (non-hydrogen) atoms. The second-order valence-corrected chi connectivity index (χ2v) is 4.53. The van der Waals surface area contributed by atoms with Crippen LogP contribution in [0, 0.1) is 0 Å². The molecule has 0 spiro atoms. The average Bonchev–Trinajstić information content (AvgIpc) is 2.12. The number of quaternary nitrogens is 1. The molecule has 0 heterocycles. The molecule has 0 fully saturated rings. The number of alkyl halides is 3. The number of nitrogens with zero attached hydrogens (tertiary/aromatic N) is 1.